The van der Waals surface area contributed by atoms with Gasteiger partial charge in [-0.3, -0.25) is 9.59 Å². The Labute approximate surface area is 176 Å². The highest BCUT2D eigenvalue weighted by molar-refractivity contribution is 5.80. The van der Waals surface area contributed by atoms with Gasteiger partial charge in [0, 0.05) is 12.5 Å². The first-order valence-electron chi connectivity index (χ1n) is 9.81. The summed E-state index contributed by atoms with van der Waals surface area (Å²) < 4.78 is 10.3. The molecule has 0 bridgehead atoms. The molecular formula is C25H25NO4. The van der Waals surface area contributed by atoms with Crippen LogP contribution < -0.4 is 10.1 Å². The first-order valence-corrected chi connectivity index (χ1v) is 9.81. The predicted octanol–water partition coefficient (Wildman–Crippen LogP) is 4.08. The monoisotopic (exact) mass is 403 g/mol. The minimum Gasteiger partial charge on any atom is -0.497 e. The topological polar surface area (TPSA) is 64.6 Å². The Morgan fingerprint density at radius 3 is 1.93 bits per heavy atom. The molecule has 5 nitrogen and oxygen atoms in total. The SMILES string of the molecule is COc1ccc(CNC(=O)COC(=O)CC(c2ccccc2)c2ccccc2)cc1. The smallest absolute Gasteiger partial charge is 0.307 e. The van der Waals surface area contributed by atoms with Crippen molar-refractivity contribution in [3.05, 3.63) is 102 Å². The van der Waals surface area contributed by atoms with Crippen LogP contribution in [-0.4, -0.2) is 25.6 Å². The summed E-state index contributed by atoms with van der Waals surface area (Å²) in [4.78, 5) is 24.5. The van der Waals surface area contributed by atoms with E-state index in [9.17, 15) is 9.59 Å². The molecule has 0 atom stereocenters. The fourth-order valence-corrected chi connectivity index (χ4v) is 3.17. The summed E-state index contributed by atoms with van der Waals surface area (Å²) in [6.07, 6.45) is 0.166. The molecule has 0 saturated heterocycles. The molecule has 0 aliphatic rings. The minimum atomic E-state index is -0.410. The number of hydrogen-bond donors (Lipinski definition) is 1. The van der Waals surface area contributed by atoms with Crippen molar-refractivity contribution in [2.24, 2.45) is 0 Å². The lowest BCUT2D eigenvalue weighted by Gasteiger charge is -2.17. The van der Waals surface area contributed by atoms with E-state index in [1.54, 1.807) is 7.11 Å². The van der Waals surface area contributed by atoms with Crippen LogP contribution in [0, 0.1) is 0 Å². The van der Waals surface area contributed by atoms with E-state index in [0.29, 0.717) is 6.54 Å². The van der Waals surface area contributed by atoms with Gasteiger partial charge in [-0.05, 0) is 28.8 Å². The molecule has 154 valence electrons. The van der Waals surface area contributed by atoms with Crippen LogP contribution in [0.2, 0.25) is 0 Å². The van der Waals surface area contributed by atoms with Gasteiger partial charge in [-0.1, -0.05) is 72.8 Å². The van der Waals surface area contributed by atoms with Crippen molar-refractivity contribution in [1.82, 2.24) is 5.32 Å². The summed E-state index contributed by atoms with van der Waals surface area (Å²) >= 11 is 0. The van der Waals surface area contributed by atoms with E-state index in [0.717, 1.165) is 22.4 Å². The van der Waals surface area contributed by atoms with Crippen LogP contribution in [-0.2, 0) is 20.9 Å². The van der Waals surface area contributed by atoms with Crippen LogP contribution in [0.3, 0.4) is 0 Å². The van der Waals surface area contributed by atoms with Crippen LogP contribution in [0.15, 0.2) is 84.9 Å². The predicted molar refractivity (Wildman–Crippen MR) is 115 cm³/mol. The third kappa shape index (κ3) is 6.21. The first-order chi connectivity index (χ1) is 14.7. The van der Waals surface area contributed by atoms with E-state index in [4.69, 9.17) is 9.47 Å². The molecule has 0 heterocycles. The number of hydrogen-bond acceptors (Lipinski definition) is 4. The second-order valence-electron chi connectivity index (χ2n) is 6.86. The number of rotatable bonds is 9. The van der Waals surface area contributed by atoms with Gasteiger partial charge in [-0.25, -0.2) is 0 Å². The summed E-state index contributed by atoms with van der Waals surface area (Å²) in [7, 11) is 1.60. The lowest BCUT2D eigenvalue weighted by atomic mass is 9.89. The van der Waals surface area contributed by atoms with Gasteiger partial charge in [0.1, 0.15) is 5.75 Å². The van der Waals surface area contributed by atoms with Crippen molar-refractivity contribution in [1.29, 1.82) is 0 Å². The normalized spacial score (nSPS) is 10.5. The second-order valence-corrected chi connectivity index (χ2v) is 6.86. The molecule has 30 heavy (non-hydrogen) atoms. The van der Waals surface area contributed by atoms with Gasteiger partial charge in [0.25, 0.3) is 5.91 Å². The molecule has 5 heteroatoms. The number of nitrogens with one attached hydrogen (secondary N) is 1. The fraction of sp³-hybridized carbons (Fsp3) is 0.200. The Morgan fingerprint density at radius 1 is 0.833 bits per heavy atom. The van der Waals surface area contributed by atoms with Crippen LogP contribution >= 0.6 is 0 Å². The van der Waals surface area contributed by atoms with E-state index in [2.05, 4.69) is 5.32 Å². The summed E-state index contributed by atoms with van der Waals surface area (Å²) in [5.41, 5.74) is 3.00. The van der Waals surface area contributed by atoms with Gasteiger partial charge >= 0.3 is 5.97 Å². The van der Waals surface area contributed by atoms with E-state index in [-0.39, 0.29) is 24.9 Å². The van der Waals surface area contributed by atoms with Crippen molar-refractivity contribution in [2.75, 3.05) is 13.7 Å². The minimum absolute atomic E-state index is 0.123. The zero-order chi connectivity index (χ0) is 21.2. The first kappa shape index (κ1) is 21.1. The molecule has 0 saturated carbocycles. The van der Waals surface area contributed by atoms with Crippen molar-refractivity contribution < 1.29 is 19.1 Å². The Hall–Kier alpha value is -3.60. The summed E-state index contributed by atoms with van der Waals surface area (Å²) in [6.45, 7) is 0.0579. The lowest BCUT2D eigenvalue weighted by molar-refractivity contribution is -0.148. The third-order valence-corrected chi connectivity index (χ3v) is 4.79. The highest BCUT2D eigenvalue weighted by Crippen LogP contribution is 2.28. The quantitative estimate of drug-likeness (QED) is 0.547. The number of amides is 1. The largest absolute Gasteiger partial charge is 0.497 e. The Morgan fingerprint density at radius 2 is 1.40 bits per heavy atom. The molecule has 0 unspecified atom stereocenters. The average molecular weight is 403 g/mol. The molecule has 3 aromatic carbocycles. The highest BCUT2D eigenvalue weighted by atomic mass is 16.5. The van der Waals surface area contributed by atoms with Crippen LogP contribution in [0.1, 0.15) is 29.0 Å². The molecule has 1 N–H and O–H groups in total. The molecule has 0 fully saturated rings. The van der Waals surface area contributed by atoms with Crippen LogP contribution in [0.4, 0.5) is 0 Å². The highest BCUT2D eigenvalue weighted by Gasteiger charge is 2.19. The molecule has 0 spiro atoms. The number of carbonyl (C=O) groups is 2. The third-order valence-electron chi connectivity index (χ3n) is 4.79. The Bertz CT molecular complexity index is 900. The lowest BCUT2D eigenvalue weighted by Crippen LogP contribution is -2.28. The van der Waals surface area contributed by atoms with Gasteiger partial charge in [-0.15, -0.1) is 0 Å². The van der Waals surface area contributed by atoms with Crippen molar-refractivity contribution in [3.8, 4) is 5.75 Å². The molecule has 0 radical (unpaired) electrons. The van der Waals surface area contributed by atoms with Gasteiger partial charge in [-0.2, -0.15) is 0 Å². The van der Waals surface area contributed by atoms with Crippen molar-refractivity contribution in [3.63, 3.8) is 0 Å². The Balaban J connectivity index is 1.52. The second kappa shape index (κ2) is 10.8. The zero-order valence-corrected chi connectivity index (χ0v) is 16.9. The molecule has 3 rings (SSSR count). The molecule has 0 aliphatic carbocycles. The molecule has 0 aliphatic heterocycles. The summed E-state index contributed by atoms with van der Waals surface area (Å²) in [6, 6.07) is 27.0. The van der Waals surface area contributed by atoms with Crippen molar-refractivity contribution in [2.45, 2.75) is 18.9 Å². The maximum atomic E-state index is 12.4. The van der Waals surface area contributed by atoms with E-state index in [1.165, 1.54) is 0 Å². The van der Waals surface area contributed by atoms with Crippen LogP contribution in [0.5, 0.6) is 5.75 Å². The van der Waals surface area contributed by atoms with E-state index in [1.807, 2.05) is 84.9 Å². The zero-order valence-electron chi connectivity index (χ0n) is 16.9. The standard InChI is InChI=1S/C25H25NO4/c1-29-22-14-12-19(13-15-22)17-26-24(27)18-30-25(28)16-23(20-8-4-2-5-9-20)21-10-6-3-7-11-21/h2-15,23H,16-18H2,1H3,(H,26,27). The number of esters is 1. The van der Waals surface area contributed by atoms with Gasteiger partial charge in [0.2, 0.25) is 0 Å². The fourth-order valence-electron chi connectivity index (χ4n) is 3.17. The number of ether oxygens (including phenoxy) is 2. The van der Waals surface area contributed by atoms with E-state index < -0.39 is 5.97 Å². The van der Waals surface area contributed by atoms with Crippen LogP contribution in [0.25, 0.3) is 0 Å². The molecule has 3 aromatic rings. The summed E-state index contributed by atoms with van der Waals surface area (Å²) in [5, 5.41) is 2.75. The molecule has 0 aromatic heterocycles. The molecular weight excluding hydrogens is 378 g/mol. The number of benzene rings is 3. The van der Waals surface area contributed by atoms with Gasteiger partial charge in [0.05, 0.1) is 13.5 Å². The van der Waals surface area contributed by atoms with Gasteiger partial charge < -0.3 is 14.8 Å². The summed E-state index contributed by atoms with van der Waals surface area (Å²) in [5.74, 6) is -0.116. The van der Waals surface area contributed by atoms with Gasteiger partial charge in [0.15, 0.2) is 6.61 Å². The Kier molecular flexibility index (Phi) is 7.61. The average Bonchev–Trinajstić information content (AvgIpc) is 2.81. The van der Waals surface area contributed by atoms with Crippen molar-refractivity contribution >= 4 is 11.9 Å². The molecule has 1 amide bonds. The maximum Gasteiger partial charge on any atom is 0.307 e. The van der Waals surface area contributed by atoms with E-state index >= 15 is 0 Å². The number of methoxy groups -OCH3 is 1. The number of carbonyl (C=O) groups excluding carboxylic acids is 2. The maximum absolute atomic E-state index is 12.4.